The lowest BCUT2D eigenvalue weighted by molar-refractivity contribution is -0.140. The number of nitrogens with zero attached hydrogens (tertiary/aromatic N) is 3. The molecule has 2 aromatic rings. The minimum atomic E-state index is -0.207. The summed E-state index contributed by atoms with van der Waals surface area (Å²) < 4.78 is 1.75. The van der Waals surface area contributed by atoms with Gasteiger partial charge in [-0.25, -0.2) is 4.98 Å². The third kappa shape index (κ3) is 3.20. The zero-order valence-corrected chi connectivity index (χ0v) is 15.4. The van der Waals surface area contributed by atoms with Crippen LogP contribution in [0.4, 0.5) is 0 Å². The van der Waals surface area contributed by atoms with Crippen molar-refractivity contribution in [1.82, 2.24) is 14.5 Å². The van der Waals surface area contributed by atoms with Gasteiger partial charge in [-0.3, -0.25) is 14.2 Å². The van der Waals surface area contributed by atoms with Gasteiger partial charge in [0.2, 0.25) is 5.91 Å². The molecule has 1 saturated carbocycles. The van der Waals surface area contributed by atoms with Gasteiger partial charge in [-0.15, -0.1) is 0 Å². The SMILES string of the molecule is CCCn1c(C(C)N(CC)C(=O)C2CCC2)nc2ccccc2c1=O. The summed E-state index contributed by atoms with van der Waals surface area (Å²) in [5.41, 5.74) is 0.690. The molecule has 1 fully saturated rings. The Morgan fingerprint density at radius 1 is 1.32 bits per heavy atom. The molecule has 0 radical (unpaired) electrons. The van der Waals surface area contributed by atoms with Gasteiger partial charge < -0.3 is 4.90 Å². The average molecular weight is 341 g/mol. The Balaban J connectivity index is 2.07. The average Bonchev–Trinajstić information content (AvgIpc) is 2.56. The van der Waals surface area contributed by atoms with Crippen molar-refractivity contribution in [2.24, 2.45) is 5.92 Å². The molecule has 0 N–H and O–H groups in total. The van der Waals surface area contributed by atoms with Crippen LogP contribution >= 0.6 is 0 Å². The number of rotatable bonds is 6. The molecule has 0 aliphatic heterocycles. The fourth-order valence-electron chi connectivity index (χ4n) is 3.59. The van der Waals surface area contributed by atoms with Crippen LogP contribution in [0, 0.1) is 5.92 Å². The van der Waals surface area contributed by atoms with E-state index in [0.29, 0.717) is 29.8 Å². The molecule has 1 unspecified atom stereocenters. The number of hydrogen-bond donors (Lipinski definition) is 0. The molecule has 1 aromatic carbocycles. The molecule has 3 rings (SSSR count). The predicted molar refractivity (Wildman–Crippen MR) is 99.4 cm³/mol. The van der Waals surface area contributed by atoms with Gasteiger partial charge in [-0.1, -0.05) is 25.5 Å². The summed E-state index contributed by atoms with van der Waals surface area (Å²) in [6.45, 7) is 7.28. The Hall–Kier alpha value is -2.17. The number of fused-ring (bicyclic) bond motifs is 1. The Morgan fingerprint density at radius 2 is 2.04 bits per heavy atom. The van der Waals surface area contributed by atoms with Crippen molar-refractivity contribution >= 4 is 16.8 Å². The number of hydrogen-bond acceptors (Lipinski definition) is 3. The second kappa shape index (κ2) is 7.38. The molecule has 0 spiro atoms. The number of aromatic nitrogens is 2. The zero-order valence-electron chi connectivity index (χ0n) is 15.4. The van der Waals surface area contributed by atoms with Crippen molar-refractivity contribution in [3.8, 4) is 0 Å². The van der Waals surface area contributed by atoms with Gasteiger partial charge in [-0.05, 0) is 45.2 Å². The van der Waals surface area contributed by atoms with Crippen LogP contribution < -0.4 is 5.56 Å². The molecule has 5 heteroatoms. The van der Waals surface area contributed by atoms with Gasteiger partial charge in [-0.2, -0.15) is 0 Å². The van der Waals surface area contributed by atoms with E-state index in [1.165, 1.54) is 0 Å². The van der Waals surface area contributed by atoms with Gasteiger partial charge in [0, 0.05) is 19.0 Å². The summed E-state index contributed by atoms with van der Waals surface area (Å²) >= 11 is 0. The highest BCUT2D eigenvalue weighted by atomic mass is 16.2. The highest BCUT2D eigenvalue weighted by Crippen LogP contribution is 2.31. The molecular weight excluding hydrogens is 314 g/mol. The van der Waals surface area contributed by atoms with Crippen LogP contribution in [0.3, 0.4) is 0 Å². The molecule has 0 saturated heterocycles. The summed E-state index contributed by atoms with van der Waals surface area (Å²) in [7, 11) is 0. The zero-order chi connectivity index (χ0) is 18.0. The lowest BCUT2D eigenvalue weighted by Gasteiger charge is -2.35. The quantitative estimate of drug-likeness (QED) is 0.808. The minimum Gasteiger partial charge on any atom is -0.333 e. The topological polar surface area (TPSA) is 55.2 Å². The second-order valence-corrected chi connectivity index (χ2v) is 6.87. The first kappa shape index (κ1) is 17.6. The highest BCUT2D eigenvalue weighted by Gasteiger charge is 2.32. The van der Waals surface area contributed by atoms with Crippen LogP contribution in [0.25, 0.3) is 10.9 Å². The van der Waals surface area contributed by atoms with Gasteiger partial charge in [0.05, 0.1) is 16.9 Å². The van der Waals surface area contributed by atoms with Crippen LogP contribution in [-0.2, 0) is 11.3 Å². The first-order valence-electron chi connectivity index (χ1n) is 9.38. The monoisotopic (exact) mass is 341 g/mol. The standard InChI is InChI=1S/C20H27N3O2/c1-4-13-23-18(21-17-12-7-6-11-16(17)20(23)25)14(3)22(5-2)19(24)15-9-8-10-15/h6-7,11-12,14-15H,4-5,8-10,13H2,1-3H3. The Kier molecular flexibility index (Phi) is 5.21. The molecule has 0 bridgehead atoms. The van der Waals surface area contributed by atoms with Crippen molar-refractivity contribution in [3.63, 3.8) is 0 Å². The molecule has 1 aromatic heterocycles. The van der Waals surface area contributed by atoms with E-state index in [1.807, 2.05) is 49.9 Å². The molecule has 1 atom stereocenters. The van der Waals surface area contributed by atoms with Crippen molar-refractivity contribution in [2.45, 2.75) is 59.0 Å². The molecular formula is C20H27N3O2. The predicted octanol–water partition coefficient (Wildman–Crippen LogP) is 3.52. The first-order chi connectivity index (χ1) is 12.1. The van der Waals surface area contributed by atoms with Crippen molar-refractivity contribution < 1.29 is 4.79 Å². The van der Waals surface area contributed by atoms with Crippen LogP contribution in [0.2, 0.25) is 0 Å². The minimum absolute atomic E-state index is 0.0125. The smallest absolute Gasteiger partial charge is 0.261 e. The van der Waals surface area contributed by atoms with Crippen molar-refractivity contribution in [3.05, 3.63) is 40.4 Å². The normalized spacial score (nSPS) is 15.8. The lowest BCUT2D eigenvalue weighted by Crippen LogP contribution is -2.42. The Morgan fingerprint density at radius 3 is 2.64 bits per heavy atom. The Bertz CT molecular complexity index is 823. The molecule has 25 heavy (non-hydrogen) atoms. The van der Waals surface area contributed by atoms with Crippen LogP contribution in [0.5, 0.6) is 0 Å². The van der Waals surface area contributed by atoms with Gasteiger partial charge in [0.25, 0.3) is 5.56 Å². The molecule has 5 nitrogen and oxygen atoms in total. The highest BCUT2D eigenvalue weighted by molar-refractivity contribution is 5.80. The van der Waals surface area contributed by atoms with E-state index in [1.54, 1.807) is 4.57 Å². The number of amides is 1. The van der Waals surface area contributed by atoms with Gasteiger partial charge >= 0.3 is 0 Å². The van der Waals surface area contributed by atoms with E-state index in [2.05, 4.69) is 0 Å². The summed E-state index contributed by atoms with van der Waals surface area (Å²) in [6.07, 6.45) is 3.95. The maximum absolute atomic E-state index is 12.9. The van der Waals surface area contributed by atoms with Crippen LogP contribution in [0.15, 0.2) is 29.1 Å². The van der Waals surface area contributed by atoms with Gasteiger partial charge in [0.15, 0.2) is 0 Å². The third-order valence-corrected chi connectivity index (χ3v) is 5.26. The van der Waals surface area contributed by atoms with E-state index in [-0.39, 0.29) is 23.4 Å². The van der Waals surface area contributed by atoms with E-state index < -0.39 is 0 Å². The summed E-state index contributed by atoms with van der Waals surface area (Å²) in [5, 5.41) is 0.639. The summed E-state index contributed by atoms with van der Waals surface area (Å²) in [4.78, 5) is 32.4. The molecule has 1 aliphatic rings. The molecule has 134 valence electrons. The largest absolute Gasteiger partial charge is 0.333 e. The van der Waals surface area contributed by atoms with Crippen molar-refractivity contribution in [1.29, 1.82) is 0 Å². The summed E-state index contributed by atoms with van der Waals surface area (Å²) in [5.74, 6) is 1.04. The fourth-order valence-corrected chi connectivity index (χ4v) is 3.59. The number of carbonyl (C=O) groups excluding carboxylic acids is 1. The number of para-hydroxylation sites is 1. The molecule has 1 amide bonds. The molecule has 1 aliphatic carbocycles. The second-order valence-electron chi connectivity index (χ2n) is 6.87. The van der Waals surface area contributed by atoms with E-state index in [9.17, 15) is 9.59 Å². The maximum Gasteiger partial charge on any atom is 0.261 e. The number of carbonyl (C=O) groups is 1. The maximum atomic E-state index is 12.9. The Labute approximate surface area is 148 Å². The first-order valence-corrected chi connectivity index (χ1v) is 9.38. The fraction of sp³-hybridized carbons (Fsp3) is 0.550. The van der Waals surface area contributed by atoms with E-state index in [4.69, 9.17) is 4.98 Å². The van der Waals surface area contributed by atoms with Crippen LogP contribution in [-0.4, -0.2) is 26.9 Å². The molecule has 1 heterocycles. The lowest BCUT2D eigenvalue weighted by atomic mass is 9.84. The van der Waals surface area contributed by atoms with E-state index >= 15 is 0 Å². The van der Waals surface area contributed by atoms with Crippen LogP contribution in [0.1, 0.15) is 58.3 Å². The van der Waals surface area contributed by atoms with E-state index in [0.717, 1.165) is 25.7 Å². The van der Waals surface area contributed by atoms with Crippen molar-refractivity contribution in [2.75, 3.05) is 6.54 Å². The number of benzene rings is 1. The van der Waals surface area contributed by atoms with Gasteiger partial charge in [0.1, 0.15) is 5.82 Å². The summed E-state index contributed by atoms with van der Waals surface area (Å²) in [6, 6.07) is 7.24. The third-order valence-electron chi connectivity index (χ3n) is 5.26.